The highest BCUT2D eigenvalue weighted by Crippen LogP contribution is 2.21. The number of piperazine rings is 1. The summed E-state index contributed by atoms with van der Waals surface area (Å²) in [6, 6.07) is 9.03. The van der Waals surface area contributed by atoms with Gasteiger partial charge >= 0.3 is 0 Å². The number of amides is 2. The Bertz CT molecular complexity index is 1000. The Morgan fingerprint density at radius 2 is 1.84 bits per heavy atom. The van der Waals surface area contributed by atoms with Crippen LogP contribution in [0.4, 0.5) is 4.39 Å². The van der Waals surface area contributed by atoms with E-state index >= 15 is 0 Å². The van der Waals surface area contributed by atoms with Crippen LogP contribution in [-0.2, 0) is 17.9 Å². The van der Waals surface area contributed by atoms with Crippen molar-refractivity contribution in [2.24, 2.45) is 0 Å². The van der Waals surface area contributed by atoms with E-state index in [1.54, 1.807) is 12.1 Å². The van der Waals surface area contributed by atoms with Crippen LogP contribution >= 0.6 is 0 Å². The van der Waals surface area contributed by atoms with Crippen LogP contribution in [0.3, 0.4) is 0 Å². The second-order valence-corrected chi connectivity index (χ2v) is 8.22. The summed E-state index contributed by atoms with van der Waals surface area (Å²) >= 11 is 0. The van der Waals surface area contributed by atoms with Crippen LogP contribution in [-0.4, -0.2) is 58.4 Å². The van der Waals surface area contributed by atoms with E-state index in [0.717, 1.165) is 25.1 Å². The summed E-state index contributed by atoms with van der Waals surface area (Å²) < 4.78 is 14.3. The number of hydrogen-bond donors (Lipinski definition) is 1. The third-order valence-corrected chi connectivity index (χ3v) is 6.11. The van der Waals surface area contributed by atoms with Gasteiger partial charge in [0.2, 0.25) is 5.91 Å². The largest absolute Gasteiger partial charge is 0.348 e. The normalized spacial score (nSPS) is 19.0. The van der Waals surface area contributed by atoms with Crippen molar-refractivity contribution in [1.29, 1.82) is 0 Å². The number of aromatic nitrogens is 1. The highest BCUT2D eigenvalue weighted by atomic mass is 19.1. The zero-order valence-electron chi connectivity index (χ0n) is 17.4. The Balaban J connectivity index is 1.38. The Kier molecular flexibility index (Phi) is 6.46. The molecule has 0 bridgehead atoms. The molecule has 2 saturated heterocycles. The van der Waals surface area contributed by atoms with Gasteiger partial charge in [-0.1, -0.05) is 18.6 Å². The number of hydrogen-bond acceptors (Lipinski definition) is 4. The molecule has 2 amide bonds. The van der Waals surface area contributed by atoms with Crippen LogP contribution in [0.25, 0.3) is 0 Å². The molecule has 7 nitrogen and oxygen atoms in total. The molecule has 0 unspecified atom stereocenters. The fourth-order valence-corrected chi connectivity index (χ4v) is 4.30. The van der Waals surface area contributed by atoms with E-state index < -0.39 is 0 Å². The molecule has 4 rings (SSSR count). The van der Waals surface area contributed by atoms with Crippen molar-refractivity contribution >= 4 is 11.8 Å². The SMILES string of the molecule is O=C(NCc1ccc(F)cc1)c1ccc(=O)n(CC(=O)N2CCN3CCCC[C@@H]3C2)c1. The lowest BCUT2D eigenvalue weighted by atomic mass is 9.99. The van der Waals surface area contributed by atoms with Crippen LogP contribution < -0.4 is 10.9 Å². The Morgan fingerprint density at radius 1 is 1.03 bits per heavy atom. The molecule has 2 aliphatic rings. The van der Waals surface area contributed by atoms with Gasteiger partial charge in [0.1, 0.15) is 12.4 Å². The van der Waals surface area contributed by atoms with Gasteiger partial charge in [-0.3, -0.25) is 19.3 Å². The van der Waals surface area contributed by atoms with Gasteiger partial charge in [-0.25, -0.2) is 4.39 Å². The summed E-state index contributed by atoms with van der Waals surface area (Å²) in [5.74, 6) is -0.797. The predicted molar refractivity (Wildman–Crippen MR) is 114 cm³/mol. The monoisotopic (exact) mass is 426 g/mol. The van der Waals surface area contributed by atoms with Crippen molar-refractivity contribution in [3.63, 3.8) is 0 Å². The fourth-order valence-electron chi connectivity index (χ4n) is 4.30. The second-order valence-electron chi connectivity index (χ2n) is 8.22. The minimum atomic E-state index is -0.360. The van der Waals surface area contributed by atoms with Crippen molar-refractivity contribution in [3.8, 4) is 0 Å². The molecule has 8 heteroatoms. The zero-order chi connectivity index (χ0) is 21.8. The standard InChI is InChI=1S/C23H27FN4O3/c24-19-7-4-17(5-8-19)13-25-23(31)18-6-9-21(29)28(14-18)16-22(30)27-12-11-26-10-2-1-3-20(26)15-27/h4-9,14,20H,1-3,10-13,15-16H2,(H,25,31)/t20-/m1/s1. The maximum absolute atomic E-state index is 13.0. The summed E-state index contributed by atoms with van der Waals surface area (Å²) in [5, 5.41) is 2.75. The molecule has 0 spiro atoms. The van der Waals surface area contributed by atoms with Crippen LogP contribution in [0.15, 0.2) is 47.4 Å². The molecule has 0 aliphatic carbocycles. The third-order valence-electron chi connectivity index (χ3n) is 6.11. The smallest absolute Gasteiger partial charge is 0.253 e. The maximum atomic E-state index is 13.0. The van der Waals surface area contributed by atoms with Crippen molar-refractivity contribution in [1.82, 2.24) is 19.7 Å². The molecule has 0 radical (unpaired) electrons. The van der Waals surface area contributed by atoms with Gasteiger partial charge in [0.25, 0.3) is 11.5 Å². The molecule has 2 fully saturated rings. The molecule has 164 valence electrons. The Labute approximate surface area is 180 Å². The number of nitrogens with zero attached hydrogens (tertiary/aromatic N) is 3. The lowest BCUT2D eigenvalue weighted by molar-refractivity contribution is -0.135. The first kappa shape index (κ1) is 21.2. The molecule has 1 atom stereocenters. The van der Waals surface area contributed by atoms with E-state index in [9.17, 15) is 18.8 Å². The van der Waals surface area contributed by atoms with Gasteiger partial charge in [0, 0.05) is 44.5 Å². The van der Waals surface area contributed by atoms with E-state index in [2.05, 4.69) is 10.2 Å². The third kappa shape index (κ3) is 5.19. The predicted octanol–water partition coefficient (Wildman–Crippen LogP) is 1.61. The molecule has 1 aromatic carbocycles. The maximum Gasteiger partial charge on any atom is 0.253 e. The summed E-state index contributed by atoms with van der Waals surface area (Å²) in [7, 11) is 0. The average Bonchev–Trinajstić information content (AvgIpc) is 2.79. The van der Waals surface area contributed by atoms with E-state index in [4.69, 9.17) is 0 Å². The van der Waals surface area contributed by atoms with E-state index in [1.165, 1.54) is 47.9 Å². The average molecular weight is 426 g/mol. The number of rotatable bonds is 5. The van der Waals surface area contributed by atoms with Crippen LogP contribution in [0.2, 0.25) is 0 Å². The summed E-state index contributed by atoms with van der Waals surface area (Å²) in [6.07, 6.45) is 4.94. The Hall–Kier alpha value is -3.00. The first-order valence-electron chi connectivity index (χ1n) is 10.7. The van der Waals surface area contributed by atoms with Gasteiger partial charge < -0.3 is 14.8 Å². The first-order valence-corrected chi connectivity index (χ1v) is 10.7. The number of fused-ring (bicyclic) bond motifs is 1. The number of carbonyl (C=O) groups is 2. The van der Waals surface area contributed by atoms with Crippen LogP contribution in [0.5, 0.6) is 0 Å². The molecule has 1 aromatic heterocycles. The number of nitrogens with one attached hydrogen (secondary N) is 1. The van der Waals surface area contributed by atoms with Gasteiger partial charge in [-0.2, -0.15) is 0 Å². The summed E-state index contributed by atoms with van der Waals surface area (Å²) in [6.45, 7) is 3.50. The Morgan fingerprint density at radius 3 is 2.65 bits per heavy atom. The number of piperidine rings is 1. The number of carbonyl (C=O) groups excluding carboxylic acids is 2. The summed E-state index contributed by atoms with van der Waals surface area (Å²) in [4.78, 5) is 41.9. The van der Waals surface area contributed by atoms with E-state index in [-0.39, 0.29) is 36.3 Å². The topological polar surface area (TPSA) is 74.6 Å². The quantitative estimate of drug-likeness (QED) is 0.789. The number of benzene rings is 1. The summed E-state index contributed by atoms with van der Waals surface area (Å²) in [5.41, 5.74) is 0.742. The molecular formula is C23H27FN4O3. The molecular weight excluding hydrogens is 399 g/mol. The van der Waals surface area contributed by atoms with Crippen molar-refractivity contribution in [3.05, 3.63) is 69.9 Å². The van der Waals surface area contributed by atoms with E-state index in [1.807, 2.05) is 4.90 Å². The molecule has 0 saturated carbocycles. The van der Waals surface area contributed by atoms with Crippen LogP contribution in [0, 0.1) is 5.82 Å². The van der Waals surface area contributed by atoms with Crippen molar-refractivity contribution < 1.29 is 14.0 Å². The van der Waals surface area contributed by atoms with Crippen LogP contribution in [0.1, 0.15) is 35.2 Å². The van der Waals surface area contributed by atoms with Gasteiger partial charge in [-0.15, -0.1) is 0 Å². The second kappa shape index (κ2) is 9.43. The lowest BCUT2D eigenvalue weighted by Gasteiger charge is -2.44. The molecule has 31 heavy (non-hydrogen) atoms. The van der Waals surface area contributed by atoms with Gasteiger partial charge in [-0.05, 0) is 43.1 Å². The fraction of sp³-hybridized carbons (Fsp3) is 0.435. The highest BCUT2D eigenvalue weighted by molar-refractivity contribution is 5.93. The van der Waals surface area contributed by atoms with E-state index in [0.29, 0.717) is 24.7 Å². The minimum absolute atomic E-state index is 0.0787. The van der Waals surface area contributed by atoms with Gasteiger partial charge in [0.15, 0.2) is 0 Å². The number of pyridine rings is 1. The van der Waals surface area contributed by atoms with Crippen molar-refractivity contribution in [2.45, 2.75) is 38.4 Å². The molecule has 1 N–H and O–H groups in total. The molecule has 2 aliphatic heterocycles. The zero-order valence-corrected chi connectivity index (χ0v) is 17.4. The number of halogens is 1. The first-order chi connectivity index (χ1) is 15.0. The molecule has 2 aromatic rings. The lowest BCUT2D eigenvalue weighted by Crippen LogP contribution is -2.56. The minimum Gasteiger partial charge on any atom is -0.348 e. The van der Waals surface area contributed by atoms with Crippen molar-refractivity contribution in [2.75, 3.05) is 26.2 Å². The van der Waals surface area contributed by atoms with Gasteiger partial charge in [0.05, 0.1) is 5.56 Å². The molecule has 3 heterocycles. The highest BCUT2D eigenvalue weighted by Gasteiger charge is 2.31.